The minimum Gasteiger partial charge on any atom is -0.369 e. The van der Waals surface area contributed by atoms with Crippen LogP contribution in [-0.4, -0.2) is 67.8 Å². The van der Waals surface area contributed by atoms with Crippen LogP contribution >= 0.6 is 11.6 Å². The molecule has 2 aliphatic rings. The summed E-state index contributed by atoms with van der Waals surface area (Å²) in [4.78, 5) is 31.9. The smallest absolute Gasteiger partial charge is 0.223 e. The number of nitrogens with zero attached hydrogens (tertiary/aromatic N) is 3. The Morgan fingerprint density at radius 2 is 1.47 bits per heavy atom. The molecule has 0 atom stereocenters. The van der Waals surface area contributed by atoms with E-state index in [-0.39, 0.29) is 24.5 Å². The van der Waals surface area contributed by atoms with Crippen LogP contribution in [0.5, 0.6) is 0 Å². The van der Waals surface area contributed by atoms with Crippen molar-refractivity contribution >= 4 is 29.0 Å². The van der Waals surface area contributed by atoms with Gasteiger partial charge in [0.25, 0.3) is 0 Å². The molecule has 0 saturated carbocycles. The number of piperidine rings is 1. The van der Waals surface area contributed by atoms with Crippen molar-refractivity contribution in [2.45, 2.75) is 31.6 Å². The zero-order chi connectivity index (χ0) is 22.5. The minimum absolute atomic E-state index is 0.0410. The quantitative estimate of drug-likeness (QED) is 0.605. The van der Waals surface area contributed by atoms with Crippen LogP contribution in [0.25, 0.3) is 0 Å². The lowest BCUT2D eigenvalue weighted by molar-refractivity contribution is -0.132. The van der Waals surface area contributed by atoms with E-state index in [4.69, 9.17) is 11.6 Å². The monoisotopic (exact) mass is 453 g/mol. The number of amides is 1. The molecule has 0 radical (unpaired) electrons. The Morgan fingerprint density at radius 3 is 2.09 bits per heavy atom. The Hall–Kier alpha value is -2.37. The third-order valence-corrected chi connectivity index (χ3v) is 7.06. The summed E-state index contributed by atoms with van der Waals surface area (Å²) in [5.74, 6) is 0.595. The van der Waals surface area contributed by atoms with E-state index >= 15 is 0 Å². The van der Waals surface area contributed by atoms with E-state index in [9.17, 15) is 9.59 Å². The number of likely N-dealkylation sites (N-methyl/N-ethyl adjacent to an activating group) is 1. The van der Waals surface area contributed by atoms with E-state index in [1.807, 2.05) is 41.3 Å². The van der Waals surface area contributed by atoms with Gasteiger partial charge >= 0.3 is 0 Å². The van der Waals surface area contributed by atoms with E-state index < -0.39 is 0 Å². The second-order valence-corrected chi connectivity index (χ2v) is 9.40. The number of rotatable bonds is 6. The first-order chi connectivity index (χ1) is 15.5. The maximum Gasteiger partial charge on any atom is 0.223 e. The maximum atomic E-state index is 12.7. The molecule has 2 aromatic carbocycles. The SMILES string of the molecule is CN1CCN(c2ccc(C(=O)CCC(=O)N3CCC(c4ccc(Cl)cc4)CC3)cc2)CC1. The highest BCUT2D eigenvalue weighted by molar-refractivity contribution is 6.30. The lowest BCUT2D eigenvalue weighted by Gasteiger charge is -2.34. The Morgan fingerprint density at radius 1 is 0.844 bits per heavy atom. The molecule has 32 heavy (non-hydrogen) atoms. The predicted molar refractivity (Wildman–Crippen MR) is 130 cm³/mol. The Labute approximate surface area is 195 Å². The number of Topliss-reactive ketones (excluding diaryl/α,β-unsaturated/α-hetero) is 1. The van der Waals surface area contributed by atoms with E-state index in [0.717, 1.165) is 62.8 Å². The summed E-state index contributed by atoms with van der Waals surface area (Å²) in [6, 6.07) is 15.9. The molecule has 2 heterocycles. The number of hydrogen-bond donors (Lipinski definition) is 0. The fourth-order valence-electron chi connectivity index (χ4n) is 4.64. The molecule has 0 aromatic heterocycles. The van der Waals surface area contributed by atoms with Gasteiger partial charge in [-0.1, -0.05) is 23.7 Å². The van der Waals surface area contributed by atoms with Crippen LogP contribution in [0.1, 0.15) is 47.5 Å². The van der Waals surface area contributed by atoms with E-state index in [1.165, 1.54) is 5.56 Å². The first-order valence-electron chi connectivity index (χ1n) is 11.6. The van der Waals surface area contributed by atoms with Gasteiger partial charge in [0.05, 0.1) is 0 Å². The van der Waals surface area contributed by atoms with Crippen LogP contribution in [-0.2, 0) is 4.79 Å². The predicted octanol–water partition coefficient (Wildman–Crippen LogP) is 4.46. The van der Waals surface area contributed by atoms with Gasteiger partial charge in [-0.3, -0.25) is 9.59 Å². The van der Waals surface area contributed by atoms with E-state index in [2.05, 4.69) is 29.0 Å². The molecule has 0 N–H and O–H groups in total. The molecule has 2 aromatic rings. The van der Waals surface area contributed by atoms with Crippen LogP contribution < -0.4 is 4.90 Å². The van der Waals surface area contributed by atoms with Crippen molar-refractivity contribution in [1.82, 2.24) is 9.80 Å². The van der Waals surface area contributed by atoms with Gasteiger partial charge in [-0.2, -0.15) is 0 Å². The van der Waals surface area contributed by atoms with Gasteiger partial charge in [-0.05, 0) is 67.8 Å². The Kier molecular flexibility index (Phi) is 7.48. The standard InChI is InChI=1S/C26H32ClN3O2/c1-28-16-18-29(19-17-28)24-8-4-22(5-9-24)25(31)10-11-26(32)30-14-12-21(13-15-30)20-2-6-23(27)7-3-20/h2-9,21H,10-19H2,1H3. The molecule has 170 valence electrons. The third-order valence-electron chi connectivity index (χ3n) is 6.81. The first-order valence-corrected chi connectivity index (χ1v) is 12.0. The molecular weight excluding hydrogens is 422 g/mol. The van der Waals surface area contributed by atoms with Crippen molar-refractivity contribution < 1.29 is 9.59 Å². The Bertz CT molecular complexity index is 913. The fraction of sp³-hybridized carbons (Fsp3) is 0.462. The number of likely N-dealkylation sites (tertiary alicyclic amines) is 1. The highest BCUT2D eigenvalue weighted by Gasteiger charge is 2.24. The molecule has 0 spiro atoms. The summed E-state index contributed by atoms with van der Waals surface area (Å²) in [5.41, 5.74) is 3.14. The molecule has 2 aliphatic heterocycles. The van der Waals surface area contributed by atoms with Crippen LogP contribution in [0.3, 0.4) is 0 Å². The number of benzene rings is 2. The topological polar surface area (TPSA) is 43.9 Å². The minimum atomic E-state index is 0.0410. The van der Waals surface area contributed by atoms with Crippen LogP contribution in [0, 0.1) is 0 Å². The van der Waals surface area contributed by atoms with E-state index in [0.29, 0.717) is 11.5 Å². The Balaban J connectivity index is 1.22. The molecule has 0 aliphatic carbocycles. The van der Waals surface area contributed by atoms with Crippen molar-refractivity contribution in [3.63, 3.8) is 0 Å². The molecule has 2 fully saturated rings. The summed E-state index contributed by atoms with van der Waals surface area (Å²) in [6.45, 7) is 5.62. The summed E-state index contributed by atoms with van der Waals surface area (Å²) in [6.07, 6.45) is 2.46. The van der Waals surface area contributed by atoms with Gasteiger partial charge in [0.1, 0.15) is 0 Å². The molecular formula is C26H32ClN3O2. The number of anilines is 1. The van der Waals surface area contributed by atoms with Gasteiger partial charge in [0.2, 0.25) is 5.91 Å². The van der Waals surface area contributed by atoms with Gasteiger partial charge < -0.3 is 14.7 Å². The molecule has 6 heteroatoms. The second-order valence-electron chi connectivity index (χ2n) is 8.97. The van der Waals surface area contributed by atoms with E-state index in [1.54, 1.807) is 0 Å². The van der Waals surface area contributed by atoms with Gasteiger partial charge in [0.15, 0.2) is 5.78 Å². The lowest BCUT2D eigenvalue weighted by Crippen LogP contribution is -2.44. The molecule has 5 nitrogen and oxygen atoms in total. The normalized spacial score (nSPS) is 18.1. The fourth-order valence-corrected chi connectivity index (χ4v) is 4.77. The number of hydrogen-bond acceptors (Lipinski definition) is 4. The molecule has 1 amide bonds. The number of ketones is 1. The van der Waals surface area contributed by atoms with Crippen LogP contribution in [0.2, 0.25) is 5.02 Å². The number of carbonyl (C=O) groups excluding carboxylic acids is 2. The van der Waals surface area contributed by atoms with Crippen molar-refractivity contribution in [2.75, 3.05) is 51.2 Å². The highest BCUT2D eigenvalue weighted by atomic mass is 35.5. The van der Waals surface area contributed by atoms with Crippen LogP contribution in [0.15, 0.2) is 48.5 Å². The average Bonchev–Trinajstić information content (AvgIpc) is 2.83. The zero-order valence-electron chi connectivity index (χ0n) is 18.8. The van der Waals surface area contributed by atoms with Gasteiger partial charge in [-0.25, -0.2) is 0 Å². The highest BCUT2D eigenvalue weighted by Crippen LogP contribution is 2.29. The van der Waals surface area contributed by atoms with Crippen molar-refractivity contribution in [1.29, 1.82) is 0 Å². The average molecular weight is 454 g/mol. The number of piperazine rings is 1. The van der Waals surface area contributed by atoms with Crippen LogP contribution in [0.4, 0.5) is 5.69 Å². The van der Waals surface area contributed by atoms with Crippen molar-refractivity contribution in [3.8, 4) is 0 Å². The third kappa shape index (κ3) is 5.70. The van der Waals surface area contributed by atoms with Crippen molar-refractivity contribution in [3.05, 3.63) is 64.7 Å². The zero-order valence-corrected chi connectivity index (χ0v) is 19.6. The van der Waals surface area contributed by atoms with Gasteiger partial charge in [0, 0.05) is 68.4 Å². The summed E-state index contributed by atoms with van der Waals surface area (Å²) >= 11 is 5.98. The summed E-state index contributed by atoms with van der Waals surface area (Å²) in [7, 11) is 2.14. The molecule has 0 unspecified atom stereocenters. The summed E-state index contributed by atoms with van der Waals surface area (Å²) in [5, 5.41) is 0.750. The number of halogens is 1. The lowest BCUT2D eigenvalue weighted by atomic mass is 9.89. The molecule has 2 saturated heterocycles. The first kappa shape index (κ1) is 22.8. The molecule has 0 bridgehead atoms. The second kappa shape index (κ2) is 10.5. The molecule has 4 rings (SSSR count). The number of carbonyl (C=O) groups is 2. The van der Waals surface area contributed by atoms with Gasteiger partial charge in [-0.15, -0.1) is 0 Å². The maximum absolute atomic E-state index is 12.7. The van der Waals surface area contributed by atoms with Crippen molar-refractivity contribution in [2.24, 2.45) is 0 Å². The largest absolute Gasteiger partial charge is 0.369 e. The summed E-state index contributed by atoms with van der Waals surface area (Å²) < 4.78 is 0.